The van der Waals surface area contributed by atoms with Crippen LogP contribution in [0.3, 0.4) is 0 Å². The first-order valence-electron chi connectivity index (χ1n) is 9.16. The van der Waals surface area contributed by atoms with Crippen LogP contribution in [-0.4, -0.2) is 57.6 Å². The summed E-state index contributed by atoms with van der Waals surface area (Å²) in [7, 11) is 1.81. The number of carbonyl (C=O) groups excluding carboxylic acids is 2. The van der Waals surface area contributed by atoms with Gasteiger partial charge >= 0.3 is 0 Å². The molecule has 2 aliphatic heterocycles. The van der Waals surface area contributed by atoms with E-state index in [2.05, 4.69) is 10.00 Å². The van der Waals surface area contributed by atoms with Gasteiger partial charge in [0.15, 0.2) is 0 Å². The Hall–Kier alpha value is -1.85. The number of aromatic nitrogens is 2. The van der Waals surface area contributed by atoms with Gasteiger partial charge in [0.25, 0.3) is 5.91 Å². The van der Waals surface area contributed by atoms with Crippen molar-refractivity contribution in [1.29, 1.82) is 0 Å². The molecule has 1 aromatic heterocycles. The molecular formula is C18H26N4O2. The zero-order valence-corrected chi connectivity index (χ0v) is 14.4. The zero-order chi connectivity index (χ0) is 16.7. The van der Waals surface area contributed by atoms with Crippen LogP contribution in [0.5, 0.6) is 0 Å². The Labute approximate surface area is 142 Å². The number of carbonyl (C=O) groups is 2. The second-order valence-corrected chi connectivity index (χ2v) is 7.78. The molecule has 3 heterocycles. The highest BCUT2D eigenvalue weighted by molar-refractivity contribution is 5.93. The molecule has 1 aliphatic carbocycles. The smallest absolute Gasteiger partial charge is 0.274 e. The summed E-state index contributed by atoms with van der Waals surface area (Å²) in [5.74, 6) is 0.949. The molecule has 3 fully saturated rings. The van der Waals surface area contributed by atoms with E-state index in [1.165, 1.54) is 19.3 Å². The van der Waals surface area contributed by atoms with Crippen LogP contribution >= 0.6 is 0 Å². The summed E-state index contributed by atoms with van der Waals surface area (Å²) in [6.45, 7) is 3.04. The molecule has 1 aromatic rings. The van der Waals surface area contributed by atoms with Gasteiger partial charge in [0.1, 0.15) is 5.69 Å². The van der Waals surface area contributed by atoms with Crippen molar-refractivity contribution in [2.24, 2.45) is 18.4 Å². The van der Waals surface area contributed by atoms with Crippen LogP contribution in [0.1, 0.15) is 49.0 Å². The van der Waals surface area contributed by atoms with Crippen LogP contribution < -0.4 is 0 Å². The molecule has 1 atom stereocenters. The van der Waals surface area contributed by atoms with Crippen molar-refractivity contribution in [1.82, 2.24) is 19.6 Å². The Morgan fingerprint density at radius 2 is 2.12 bits per heavy atom. The van der Waals surface area contributed by atoms with Crippen LogP contribution in [0.25, 0.3) is 0 Å². The average molecular weight is 330 g/mol. The van der Waals surface area contributed by atoms with Crippen molar-refractivity contribution in [3.05, 3.63) is 18.0 Å². The maximum Gasteiger partial charge on any atom is 0.274 e. The lowest BCUT2D eigenvalue weighted by molar-refractivity contribution is -0.146. The van der Waals surface area contributed by atoms with E-state index in [1.54, 1.807) is 16.9 Å². The molecule has 3 aliphatic rings. The Balaban J connectivity index is 1.45. The molecule has 0 radical (unpaired) electrons. The van der Waals surface area contributed by atoms with Gasteiger partial charge in [-0.25, -0.2) is 0 Å². The van der Waals surface area contributed by atoms with E-state index in [9.17, 15) is 9.59 Å². The van der Waals surface area contributed by atoms with E-state index in [0.29, 0.717) is 24.7 Å². The molecule has 0 unspecified atom stereocenters. The van der Waals surface area contributed by atoms with E-state index >= 15 is 0 Å². The standard InChI is InChI=1S/C18H26N4O2/c1-20-10-6-15(19-20)16(23)22-11-8-18(13-22)7-3-9-21(17(18)24)12-14-4-2-5-14/h6,10,14H,2-5,7-9,11-13H2,1H3/t18-/m0/s1. The zero-order valence-electron chi connectivity index (χ0n) is 14.4. The molecule has 6 heteroatoms. The lowest BCUT2D eigenvalue weighted by Crippen LogP contribution is -2.52. The van der Waals surface area contributed by atoms with Gasteiger partial charge in [-0.3, -0.25) is 14.3 Å². The van der Waals surface area contributed by atoms with Crippen LogP contribution in [0.2, 0.25) is 0 Å². The molecule has 1 saturated carbocycles. The molecular weight excluding hydrogens is 304 g/mol. The highest BCUT2D eigenvalue weighted by Gasteiger charge is 2.49. The fourth-order valence-corrected chi connectivity index (χ4v) is 4.43. The largest absolute Gasteiger partial charge is 0.342 e. The third-order valence-corrected chi connectivity index (χ3v) is 6.10. The summed E-state index contributed by atoms with van der Waals surface area (Å²) in [5, 5.41) is 4.21. The topological polar surface area (TPSA) is 58.4 Å². The summed E-state index contributed by atoms with van der Waals surface area (Å²) >= 11 is 0. The average Bonchev–Trinajstić information content (AvgIpc) is 3.14. The predicted octanol–water partition coefficient (Wildman–Crippen LogP) is 1.67. The van der Waals surface area contributed by atoms with E-state index in [4.69, 9.17) is 0 Å². The van der Waals surface area contributed by atoms with Crippen molar-refractivity contribution >= 4 is 11.8 Å². The molecule has 130 valence electrons. The minimum Gasteiger partial charge on any atom is -0.342 e. The van der Waals surface area contributed by atoms with Gasteiger partial charge in [0.05, 0.1) is 5.41 Å². The van der Waals surface area contributed by atoms with Crippen LogP contribution in [0.4, 0.5) is 0 Å². The molecule has 4 rings (SSSR count). The molecule has 24 heavy (non-hydrogen) atoms. The molecule has 0 bridgehead atoms. The number of piperidine rings is 1. The molecule has 0 aromatic carbocycles. The van der Waals surface area contributed by atoms with Gasteiger partial charge < -0.3 is 9.80 Å². The lowest BCUT2D eigenvalue weighted by Gasteiger charge is -2.42. The monoisotopic (exact) mass is 330 g/mol. The first-order chi connectivity index (χ1) is 11.6. The fraction of sp³-hybridized carbons (Fsp3) is 0.722. The van der Waals surface area contributed by atoms with Crippen LogP contribution in [0.15, 0.2) is 12.3 Å². The summed E-state index contributed by atoms with van der Waals surface area (Å²) in [6, 6.07) is 1.75. The Morgan fingerprint density at radius 3 is 2.79 bits per heavy atom. The molecule has 1 spiro atoms. The Morgan fingerprint density at radius 1 is 1.29 bits per heavy atom. The molecule has 2 amide bonds. The Kier molecular flexibility index (Phi) is 3.85. The maximum atomic E-state index is 13.1. The number of amides is 2. The summed E-state index contributed by atoms with van der Waals surface area (Å²) in [4.78, 5) is 29.6. The highest BCUT2D eigenvalue weighted by Crippen LogP contribution is 2.41. The van der Waals surface area contributed by atoms with E-state index in [-0.39, 0.29) is 17.2 Å². The van der Waals surface area contributed by atoms with Gasteiger partial charge in [-0.05, 0) is 44.1 Å². The number of hydrogen-bond acceptors (Lipinski definition) is 3. The number of nitrogens with zero attached hydrogens (tertiary/aromatic N) is 4. The minimum absolute atomic E-state index is 0.0450. The summed E-state index contributed by atoms with van der Waals surface area (Å²) in [6.07, 6.45) is 8.40. The summed E-state index contributed by atoms with van der Waals surface area (Å²) < 4.78 is 1.64. The third kappa shape index (κ3) is 2.62. The number of rotatable bonds is 3. The minimum atomic E-state index is -0.341. The quantitative estimate of drug-likeness (QED) is 0.847. The van der Waals surface area contributed by atoms with Gasteiger partial charge in [0, 0.05) is 39.4 Å². The second-order valence-electron chi connectivity index (χ2n) is 7.78. The number of likely N-dealkylation sites (tertiary alicyclic amines) is 2. The van der Waals surface area contributed by atoms with Gasteiger partial charge in [0.2, 0.25) is 5.91 Å². The first-order valence-corrected chi connectivity index (χ1v) is 9.16. The molecule has 2 saturated heterocycles. The third-order valence-electron chi connectivity index (χ3n) is 6.10. The van der Waals surface area contributed by atoms with Gasteiger partial charge in [-0.15, -0.1) is 0 Å². The lowest BCUT2D eigenvalue weighted by atomic mass is 9.77. The van der Waals surface area contributed by atoms with Crippen molar-refractivity contribution < 1.29 is 9.59 Å². The van der Waals surface area contributed by atoms with E-state index < -0.39 is 0 Å². The fourth-order valence-electron chi connectivity index (χ4n) is 4.43. The van der Waals surface area contributed by atoms with Gasteiger partial charge in [-0.1, -0.05) is 6.42 Å². The maximum absolute atomic E-state index is 13.1. The predicted molar refractivity (Wildman–Crippen MR) is 89.3 cm³/mol. The number of aryl methyl sites for hydroxylation is 1. The molecule has 6 nitrogen and oxygen atoms in total. The van der Waals surface area contributed by atoms with E-state index in [0.717, 1.165) is 32.4 Å². The normalized spacial score (nSPS) is 27.8. The van der Waals surface area contributed by atoms with Crippen molar-refractivity contribution in [3.8, 4) is 0 Å². The first kappa shape index (κ1) is 15.7. The van der Waals surface area contributed by atoms with Crippen molar-refractivity contribution in [2.75, 3.05) is 26.2 Å². The van der Waals surface area contributed by atoms with E-state index in [1.807, 2.05) is 11.9 Å². The van der Waals surface area contributed by atoms with Gasteiger partial charge in [-0.2, -0.15) is 5.10 Å². The van der Waals surface area contributed by atoms with Crippen molar-refractivity contribution in [3.63, 3.8) is 0 Å². The SMILES string of the molecule is Cn1ccc(C(=O)N2CC[C@@]3(CCCN(CC4CCC4)C3=O)C2)n1. The van der Waals surface area contributed by atoms with Crippen LogP contribution in [-0.2, 0) is 11.8 Å². The van der Waals surface area contributed by atoms with Crippen molar-refractivity contribution in [2.45, 2.75) is 38.5 Å². The molecule has 0 N–H and O–H groups in total. The Bertz CT molecular complexity index is 651. The second kappa shape index (κ2) is 5.90. The number of hydrogen-bond donors (Lipinski definition) is 0. The highest BCUT2D eigenvalue weighted by atomic mass is 16.2. The summed E-state index contributed by atoms with van der Waals surface area (Å²) in [5.41, 5.74) is 0.135. The van der Waals surface area contributed by atoms with Crippen LogP contribution in [0, 0.1) is 11.3 Å².